The van der Waals surface area contributed by atoms with Crippen LogP contribution in [0, 0.1) is 0 Å². The highest BCUT2D eigenvalue weighted by atomic mass is 32.2. The minimum atomic E-state index is -3.49. The zero-order valence-electron chi connectivity index (χ0n) is 14.3. The average Bonchev–Trinajstić information content (AvgIpc) is 3.38. The van der Waals surface area contributed by atoms with Gasteiger partial charge >= 0.3 is 0 Å². The third-order valence-corrected chi connectivity index (χ3v) is 5.70. The number of hydrogen-bond acceptors (Lipinski definition) is 3. The summed E-state index contributed by atoms with van der Waals surface area (Å²) < 4.78 is 26.9. The molecule has 1 amide bonds. The van der Waals surface area contributed by atoms with Crippen LogP contribution in [-0.4, -0.2) is 20.4 Å². The second kappa shape index (κ2) is 6.98. The number of carbonyl (C=O) groups excluding carboxylic acids is 1. The first-order valence-electron chi connectivity index (χ1n) is 8.39. The summed E-state index contributed by atoms with van der Waals surface area (Å²) >= 11 is 0. The number of sulfonamides is 1. The molecule has 1 fully saturated rings. The first-order chi connectivity index (χ1) is 11.8. The van der Waals surface area contributed by atoms with Crippen LogP contribution < -0.4 is 10.0 Å². The van der Waals surface area contributed by atoms with E-state index in [-0.39, 0.29) is 16.8 Å². The van der Waals surface area contributed by atoms with Crippen LogP contribution in [0.5, 0.6) is 0 Å². The predicted octanol–water partition coefficient (Wildman–Crippen LogP) is 3.50. The Balaban J connectivity index is 1.68. The van der Waals surface area contributed by atoms with Crippen LogP contribution in [0.2, 0.25) is 0 Å². The van der Waals surface area contributed by atoms with Gasteiger partial charge in [-0.1, -0.05) is 26.0 Å². The Morgan fingerprint density at radius 3 is 2.12 bits per heavy atom. The Morgan fingerprint density at radius 1 is 1.00 bits per heavy atom. The third-order valence-electron chi connectivity index (χ3n) is 4.16. The van der Waals surface area contributed by atoms with Gasteiger partial charge in [0.15, 0.2) is 0 Å². The fraction of sp³-hybridized carbons (Fsp3) is 0.316. The van der Waals surface area contributed by atoms with Gasteiger partial charge in [0.2, 0.25) is 10.0 Å². The lowest BCUT2D eigenvalue weighted by Gasteiger charge is -2.09. The van der Waals surface area contributed by atoms with Gasteiger partial charge in [0.25, 0.3) is 5.91 Å². The lowest BCUT2D eigenvalue weighted by Crippen LogP contribution is -2.25. The second-order valence-corrected chi connectivity index (χ2v) is 8.36. The van der Waals surface area contributed by atoms with Gasteiger partial charge in [0.05, 0.1) is 4.90 Å². The van der Waals surface area contributed by atoms with Crippen LogP contribution in [-0.2, 0) is 10.0 Å². The van der Waals surface area contributed by atoms with E-state index in [0.29, 0.717) is 17.2 Å². The van der Waals surface area contributed by atoms with E-state index in [1.54, 1.807) is 0 Å². The molecule has 25 heavy (non-hydrogen) atoms. The molecule has 0 radical (unpaired) electrons. The summed E-state index contributed by atoms with van der Waals surface area (Å²) in [6.45, 7) is 4.22. The van der Waals surface area contributed by atoms with Crippen molar-refractivity contribution in [2.75, 3.05) is 5.32 Å². The molecule has 0 spiro atoms. The summed E-state index contributed by atoms with van der Waals surface area (Å²) in [5, 5.41) is 2.82. The molecule has 0 unspecified atom stereocenters. The number of hydrogen-bond donors (Lipinski definition) is 2. The molecular formula is C19H22N2O3S. The van der Waals surface area contributed by atoms with Gasteiger partial charge in [-0.3, -0.25) is 4.79 Å². The Labute approximate surface area is 148 Å². The monoisotopic (exact) mass is 358 g/mol. The highest BCUT2D eigenvalue weighted by Gasteiger charge is 2.27. The lowest BCUT2D eigenvalue weighted by atomic mass is 10.0. The molecule has 2 aromatic carbocycles. The third kappa shape index (κ3) is 4.46. The first-order valence-corrected chi connectivity index (χ1v) is 9.87. The van der Waals surface area contributed by atoms with Gasteiger partial charge in [-0.15, -0.1) is 0 Å². The maximum absolute atomic E-state index is 12.3. The maximum Gasteiger partial charge on any atom is 0.255 e. The summed E-state index contributed by atoms with van der Waals surface area (Å²) in [7, 11) is -3.49. The molecule has 2 N–H and O–H groups in total. The quantitative estimate of drug-likeness (QED) is 0.830. The standard InChI is InChI=1S/C19H22N2O3S/c1-13(2)14-3-7-16(8-4-14)20-19(22)15-5-11-18(12-6-15)25(23,24)21-17-9-10-17/h3-8,11-13,17,21H,9-10H2,1-2H3,(H,20,22). The van der Waals surface area contributed by atoms with Gasteiger partial charge in [0.1, 0.15) is 0 Å². The highest BCUT2D eigenvalue weighted by molar-refractivity contribution is 7.89. The van der Waals surface area contributed by atoms with E-state index in [4.69, 9.17) is 0 Å². The zero-order valence-corrected chi connectivity index (χ0v) is 15.1. The van der Waals surface area contributed by atoms with E-state index in [2.05, 4.69) is 23.9 Å². The Morgan fingerprint density at radius 2 is 1.60 bits per heavy atom. The van der Waals surface area contributed by atoms with Gasteiger partial charge in [-0.05, 0) is 60.7 Å². The number of nitrogens with one attached hydrogen (secondary N) is 2. The summed E-state index contributed by atoms with van der Waals surface area (Å²) in [6.07, 6.45) is 1.77. The van der Waals surface area contributed by atoms with E-state index in [9.17, 15) is 13.2 Å². The normalized spacial score (nSPS) is 14.5. The lowest BCUT2D eigenvalue weighted by molar-refractivity contribution is 0.102. The van der Waals surface area contributed by atoms with Crippen LogP contribution in [0.1, 0.15) is 48.5 Å². The second-order valence-electron chi connectivity index (χ2n) is 6.65. The van der Waals surface area contributed by atoms with E-state index >= 15 is 0 Å². The number of anilines is 1. The Hall–Kier alpha value is -2.18. The summed E-state index contributed by atoms with van der Waals surface area (Å²) in [5.41, 5.74) is 2.33. The van der Waals surface area contributed by atoms with Gasteiger partial charge in [-0.2, -0.15) is 0 Å². The van der Waals surface area contributed by atoms with Gasteiger partial charge in [0, 0.05) is 17.3 Å². The van der Waals surface area contributed by atoms with Crippen molar-refractivity contribution in [2.24, 2.45) is 0 Å². The van der Waals surface area contributed by atoms with Crippen molar-refractivity contribution < 1.29 is 13.2 Å². The zero-order chi connectivity index (χ0) is 18.0. The molecule has 0 bridgehead atoms. The average molecular weight is 358 g/mol. The SMILES string of the molecule is CC(C)c1ccc(NC(=O)c2ccc(S(=O)(=O)NC3CC3)cc2)cc1. The van der Waals surface area contributed by atoms with Gasteiger partial charge in [-0.25, -0.2) is 13.1 Å². The fourth-order valence-corrected chi connectivity index (χ4v) is 3.73. The number of rotatable bonds is 6. The fourth-order valence-electron chi connectivity index (χ4n) is 2.43. The van der Waals surface area contributed by atoms with Gasteiger partial charge < -0.3 is 5.32 Å². The molecule has 0 aliphatic heterocycles. The number of benzene rings is 2. The molecule has 0 atom stereocenters. The molecule has 1 aliphatic rings. The van der Waals surface area contributed by atoms with Crippen molar-refractivity contribution >= 4 is 21.6 Å². The van der Waals surface area contributed by atoms with E-state index in [1.165, 1.54) is 29.8 Å². The molecule has 0 saturated heterocycles. The molecule has 0 aromatic heterocycles. The summed E-state index contributed by atoms with van der Waals surface area (Å²) in [5.74, 6) is 0.167. The van der Waals surface area contributed by atoms with E-state index in [0.717, 1.165) is 12.8 Å². The molecule has 6 heteroatoms. The first kappa shape index (κ1) is 17.6. The van der Waals surface area contributed by atoms with Crippen LogP contribution in [0.3, 0.4) is 0 Å². The number of carbonyl (C=O) groups is 1. The molecular weight excluding hydrogens is 336 g/mol. The van der Waals surface area contributed by atoms with Crippen molar-refractivity contribution in [1.29, 1.82) is 0 Å². The minimum absolute atomic E-state index is 0.0572. The van der Waals surface area contributed by atoms with Crippen LogP contribution in [0.25, 0.3) is 0 Å². The molecule has 5 nitrogen and oxygen atoms in total. The highest BCUT2D eigenvalue weighted by Crippen LogP contribution is 2.22. The molecule has 1 saturated carbocycles. The number of amides is 1. The minimum Gasteiger partial charge on any atom is -0.322 e. The van der Waals surface area contributed by atoms with Crippen LogP contribution >= 0.6 is 0 Å². The van der Waals surface area contributed by atoms with Crippen LogP contribution in [0.4, 0.5) is 5.69 Å². The molecule has 3 rings (SSSR count). The molecule has 132 valence electrons. The molecule has 1 aliphatic carbocycles. The van der Waals surface area contributed by atoms with E-state index in [1.807, 2.05) is 24.3 Å². The van der Waals surface area contributed by atoms with Crippen molar-refractivity contribution in [1.82, 2.24) is 4.72 Å². The van der Waals surface area contributed by atoms with E-state index < -0.39 is 10.0 Å². The predicted molar refractivity (Wildman–Crippen MR) is 98.3 cm³/mol. The Kier molecular flexibility index (Phi) is 4.92. The summed E-state index contributed by atoms with van der Waals surface area (Å²) in [4.78, 5) is 12.5. The van der Waals surface area contributed by atoms with Crippen molar-refractivity contribution in [3.05, 3.63) is 59.7 Å². The molecule has 2 aromatic rings. The molecule has 0 heterocycles. The largest absolute Gasteiger partial charge is 0.322 e. The van der Waals surface area contributed by atoms with Crippen molar-refractivity contribution in [3.8, 4) is 0 Å². The smallest absolute Gasteiger partial charge is 0.255 e. The topological polar surface area (TPSA) is 75.3 Å². The maximum atomic E-state index is 12.3. The Bertz CT molecular complexity index is 853. The van der Waals surface area contributed by atoms with Crippen molar-refractivity contribution in [2.45, 2.75) is 43.5 Å². The summed E-state index contributed by atoms with van der Waals surface area (Å²) in [6, 6.07) is 13.7. The van der Waals surface area contributed by atoms with Crippen LogP contribution in [0.15, 0.2) is 53.4 Å². The van der Waals surface area contributed by atoms with Crippen molar-refractivity contribution in [3.63, 3.8) is 0 Å².